The molecule has 0 radical (unpaired) electrons. The van der Waals surface area contributed by atoms with Gasteiger partial charge in [0.05, 0.1) is 5.92 Å². The summed E-state index contributed by atoms with van der Waals surface area (Å²) >= 11 is 0. The maximum Gasteiger partial charge on any atom is 0.392 e. The molecule has 0 aromatic heterocycles. The van der Waals surface area contributed by atoms with Crippen molar-refractivity contribution in [2.45, 2.75) is 57.2 Å². The molecule has 2 fully saturated rings. The standard InChI is InChI=1S/C15H25F3N2O/c1-20(10-11-6-4-5-9-19-11)14(21)12-7-2-3-8-13(12)15(16,17)18/h11-13,19H,2-10H2,1H3. The number of amides is 1. The van der Waals surface area contributed by atoms with Crippen molar-refractivity contribution < 1.29 is 18.0 Å². The number of carbonyl (C=O) groups excluding carboxylic acids is 1. The number of halogens is 3. The molecule has 2 aliphatic rings. The van der Waals surface area contributed by atoms with Crippen LogP contribution in [0.5, 0.6) is 0 Å². The lowest BCUT2D eigenvalue weighted by atomic mass is 9.78. The Morgan fingerprint density at radius 1 is 1.14 bits per heavy atom. The first-order valence-corrected chi connectivity index (χ1v) is 7.94. The SMILES string of the molecule is CN(CC1CCCCN1)C(=O)C1CCCCC1C(F)(F)F. The van der Waals surface area contributed by atoms with Crippen LogP contribution in [0.3, 0.4) is 0 Å². The fourth-order valence-electron chi connectivity index (χ4n) is 3.60. The molecule has 0 aromatic carbocycles. The van der Waals surface area contributed by atoms with Gasteiger partial charge in [0, 0.05) is 25.6 Å². The first-order valence-electron chi connectivity index (χ1n) is 7.94. The maximum absolute atomic E-state index is 13.1. The third-order valence-corrected chi connectivity index (χ3v) is 4.79. The lowest BCUT2D eigenvalue weighted by Crippen LogP contribution is -2.48. The first kappa shape index (κ1) is 16.6. The molecule has 1 saturated heterocycles. The van der Waals surface area contributed by atoms with Crippen LogP contribution in [-0.4, -0.2) is 43.2 Å². The minimum absolute atomic E-state index is 0.0927. The van der Waals surface area contributed by atoms with Gasteiger partial charge in [-0.05, 0) is 32.2 Å². The summed E-state index contributed by atoms with van der Waals surface area (Å²) in [7, 11) is 1.64. The molecule has 21 heavy (non-hydrogen) atoms. The molecule has 122 valence electrons. The second-order valence-corrected chi connectivity index (χ2v) is 6.40. The van der Waals surface area contributed by atoms with Crippen molar-refractivity contribution >= 4 is 5.91 Å². The van der Waals surface area contributed by atoms with Crippen LogP contribution < -0.4 is 5.32 Å². The van der Waals surface area contributed by atoms with Gasteiger partial charge in [0.15, 0.2) is 0 Å². The predicted molar refractivity (Wildman–Crippen MR) is 74.8 cm³/mol. The van der Waals surface area contributed by atoms with Gasteiger partial charge in [0.25, 0.3) is 0 Å². The Labute approximate surface area is 124 Å². The normalized spacial score (nSPS) is 31.0. The number of nitrogens with one attached hydrogen (secondary N) is 1. The van der Waals surface area contributed by atoms with E-state index in [4.69, 9.17) is 0 Å². The number of carbonyl (C=O) groups is 1. The van der Waals surface area contributed by atoms with Crippen molar-refractivity contribution in [3.8, 4) is 0 Å². The highest BCUT2D eigenvalue weighted by Crippen LogP contribution is 2.42. The van der Waals surface area contributed by atoms with E-state index in [2.05, 4.69) is 5.32 Å². The molecule has 1 heterocycles. The Hall–Kier alpha value is -0.780. The summed E-state index contributed by atoms with van der Waals surface area (Å²) < 4.78 is 39.3. The summed E-state index contributed by atoms with van der Waals surface area (Å²) in [6.07, 6.45) is 0.734. The van der Waals surface area contributed by atoms with Crippen LogP contribution in [0.15, 0.2) is 0 Å². The van der Waals surface area contributed by atoms with Crippen LogP contribution in [0.1, 0.15) is 44.9 Å². The summed E-state index contributed by atoms with van der Waals surface area (Å²) in [5.41, 5.74) is 0. The quantitative estimate of drug-likeness (QED) is 0.869. The number of likely N-dealkylation sites (N-methyl/N-ethyl adjacent to an activating group) is 1. The topological polar surface area (TPSA) is 32.3 Å². The average Bonchev–Trinajstić information content (AvgIpc) is 2.46. The summed E-state index contributed by atoms with van der Waals surface area (Å²) in [6.45, 7) is 1.45. The zero-order valence-corrected chi connectivity index (χ0v) is 12.6. The van der Waals surface area contributed by atoms with Crippen LogP contribution in [-0.2, 0) is 4.79 Å². The lowest BCUT2D eigenvalue weighted by Gasteiger charge is -2.36. The number of hydrogen-bond acceptors (Lipinski definition) is 2. The molecule has 3 nitrogen and oxygen atoms in total. The van der Waals surface area contributed by atoms with Crippen molar-refractivity contribution in [3.63, 3.8) is 0 Å². The van der Waals surface area contributed by atoms with Gasteiger partial charge in [-0.25, -0.2) is 0 Å². The van der Waals surface area contributed by atoms with E-state index >= 15 is 0 Å². The third-order valence-electron chi connectivity index (χ3n) is 4.79. The molecule has 0 bridgehead atoms. The third kappa shape index (κ3) is 4.34. The molecule has 1 saturated carbocycles. The Morgan fingerprint density at radius 3 is 2.43 bits per heavy atom. The Bertz CT molecular complexity index is 353. The lowest BCUT2D eigenvalue weighted by molar-refractivity contribution is -0.200. The minimum atomic E-state index is -4.26. The minimum Gasteiger partial charge on any atom is -0.344 e. The van der Waals surface area contributed by atoms with Crippen LogP contribution in [0.2, 0.25) is 0 Å². The van der Waals surface area contributed by atoms with Crippen molar-refractivity contribution in [3.05, 3.63) is 0 Å². The molecule has 1 aliphatic carbocycles. The number of hydrogen-bond donors (Lipinski definition) is 1. The van der Waals surface area contributed by atoms with E-state index in [-0.39, 0.29) is 18.4 Å². The van der Waals surface area contributed by atoms with Gasteiger partial charge in [-0.15, -0.1) is 0 Å². The summed E-state index contributed by atoms with van der Waals surface area (Å²) in [6, 6.07) is 0.223. The zero-order valence-electron chi connectivity index (χ0n) is 12.6. The summed E-state index contributed by atoms with van der Waals surface area (Å²) in [4.78, 5) is 13.9. The Morgan fingerprint density at radius 2 is 1.81 bits per heavy atom. The van der Waals surface area contributed by atoms with Gasteiger partial charge in [0.1, 0.15) is 0 Å². The highest BCUT2D eigenvalue weighted by atomic mass is 19.4. The summed E-state index contributed by atoms with van der Waals surface area (Å²) in [5.74, 6) is -2.67. The molecule has 1 amide bonds. The zero-order chi connectivity index (χ0) is 15.5. The average molecular weight is 306 g/mol. The molecule has 0 spiro atoms. The number of alkyl halides is 3. The second-order valence-electron chi connectivity index (χ2n) is 6.40. The highest BCUT2D eigenvalue weighted by molar-refractivity contribution is 5.79. The molecule has 3 atom stereocenters. The predicted octanol–water partition coefficient (Wildman–Crippen LogP) is 2.96. The van der Waals surface area contributed by atoms with Gasteiger partial charge in [0.2, 0.25) is 5.91 Å². The van der Waals surface area contributed by atoms with E-state index in [0.717, 1.165) is 32.2 Å². The van der Waals surface area contributed by atoms with Crippen molar-refractivity contribution in [2.75, 3.05) is 20.1 Å². The van der Waals surface area contributed by atoms with E-state index in [1.807, 2.05) is 0 Å². The van der Waals surface area contributed by atoms with E-state index < -0.39 is 18.0 Å². The first-order chi connectivity index (χ1) is 9.89. The van der Waals surface area contributed by atoms with Crippen LogP contribution in [0.4, 0.5) is 13.2 Å². The van der Waals surface area contributed by atoms with Crippen molar-refractivity contribution in [1.82, 2.24) is 10.2 Å². The fraction of sp³-hybridized carbons (Fsp3) is 0.933. The Balaban J connectivity index is 1.95. The van der Waals surface area contributed by atoms with E-state index in [1.165, 1.54) is 4.90 Å². The molecule has 6 heteroatoms. The smallest absolute Gasteiger partial charge is 0.344 e. The van der Waals surface area contributed by atoms with E-state index in [0.29, 0.717) is 19.4 Å². The van der Waals surface area contributed by atoms with E-state index in [1.54, 1.807) is 7.05 Å². The number of nitrogens with zero attached hydrogens (tertiary/aromatic N) is 1. The summed E-state index contributed by atoms with van der Waals surface area (Å²) in [5, 5.41) is 3.33. The second kappa shape index (κ2) is 6.99. The van der Waals surface area contributed by atoms with Gasteiger partial charge in [-0.1, -0.05) is 19.3 Å². The molecule has 1 aliphatic heterocycles. The van der Waals surface area contributed by atoms with Crippen molar-refractivity contribution in [1.29, 1.82) is 0 Å². The van der Waals surface area contributed by atoms with Crippen LogP contribution in [0.25, 0.3) is 0 Å². The largest absolute Gasteiger partial charge is 0.392 e. The van der Waals surface area contributed by atoms with Crippen LogP contribution in [0, 0.1) is 11.8 Å². The molecule has 0 aromatic rings. The van der Waals surface area contributed by atoms with Gasteiger partial charge in [-0.3, -0.25) is 4.79 Å². The van der Waals surface area contributed by atoms with Crippen molar-refractivity contribution in [2.24, 2.45) is 11.8 Å². The highest BCUT2D eigenvalue weighted by Gasteiger charge is 2.48. The maximum atomic E-state index is 13.1. The molecule has 3 unspecified atom stereocenters. The monoisotopic (exact) mass is 306 g/mol. The molecular formula is C15H25F3N2O. The Kier molecular flexibility index (Phi) is 5.52. The number of piperidine rings is 1. The molecular weight excluding hydrogens is 281 g/mol. The van der Waals surface area contributed by atoms with Gasteiger partial charge < -0.3 is 10.2 Å². The molecule has 1 N–H and O–H groups in total. The van der Waals surface area contributed by atoms with Gasteiger partial charge in [-0.2, -0.15) is 13.2 Å². The molecule has 2 rings (SSSR count). The fourth-order valence-corrected chi connectivity index (χ4v) is 3.60. The van der Waals surface area contributed by atoms with Gasteiger partial charge >= 0.3 is 6.18 Å². The number of rotatable bonds is 3. The van der Waals surface area contributed by atoms with Crippen LogP contribution >= 0.6 is 0 Å². The van der Waals surface area contributed by atoms with E-state index in [9.17, 15) is 18.0 Å².